The Kier molecular flexibility index (Phi) is 4.66. The van der Waals surface area contributed by atoms with Crippen molar-refractivity contribution in [2.45, 2.75) is 19.8 Å². The van der Waals surface area contributed by atoms with Gasteiger partial charge < -0.3 is 9.55 Å². The van der Waals surface area contributed by atoms with Crippen LogP contribution in [0.3, 0.4) is 0 Å². The Morgan fingerprint density at radius 1 is 1.33 bits per heavy atom. The molecule has 0 bridgehead atoms. The van der Waals surface area contributed by atoms with E-state index in [1.807, 2.05) is 19.2 Å². The van der Waals surface area contributed by atoms with E-state index in [1.165, 1.54) is 22.3 Å². The van der Waals surface area contributed by atoms with Crippen LogP contribution in [-0.2, 0) is 13.5 Å². The molecule has 0 fully saturated rings. The molecule has 0 atom stereocenters. The molecule has 0 spiro atoms. The lowest BCUT2D eigenvalue weighted by Crippen LogP contribution is -2.33. The number of aryl methyl sites for hydroxylation is 2. The molecule has 5 nitrogen and oxygen atoms in total. The molecule has 140 valence electrons. The van der Waals surface area contributed by atoms with E-state index < -0.39 is 0 Å². The molecule has 3 heterocycles. The van der Waals surface area contributed by atoms with Crippen molar-refractivity contribution in [1.29, 1.82) is 0 Å². The van der Waals surface area contributed by atoms with Gasteiger partial charge in [0.2, 0.25) is 0 Å². The molecule has 4 rings (SSSR count). The predicted octanol–water partition coefficient (Wildman–Crippen LogP) is 3.04. The summed E-state index contributed by atoms with van der Waals surface area (Å²) in [6.07, 6.45) is 7.43. The molecular weight excluding hydrogens is 343 g/mol. The van der Waals surface area contributed by atoms with Gasteiger partial charge in [0.1, 0.15) is 5.82 Å². The number of aromatic amines is 1. The van der Waals surface area contributed by atoms with Gasteiger partial charge in [0.05, 0.1) is 6.33 Å². The van der Waals surface area contributed by atoms with E-state index in [9.17, 15) is 9.18 Å². The highest BCUT2D eigenvalue weighted by molar-refractivity contribution is 5.92. The highest BCUT2D eigenvalue weighted by atomic mass is 19.1. The number of H-pyrrole nitrogens is 1. The zero-order chi connectivity index (χ0) is 19.0. The minimum Gasteiger partial charge on any atom is -0.360 e. The van der Waals surface area contributed by atoms with Gasteiger partial charge in [-0.3, -0.25) is 9.69 Å². The third-order valence-corrected chi connectivity index (χ3v) is 5.40. The van der Waals surface area contributed by atoms with E-state index >= 15 is 0 Å². The van der Waals surface area contributed by atoms with Gasteiger partial charge in [-0.05, 0) is 43.5 Å². The first-order valence-electron chi connectivity index (χ1n) is 9.22. The fraction of sp³-hybridized carbons (Fsp3) is 0.333. The van der Waals surface area contributed by atoms with Gasteiger partial charge >= 0.3 is 0 Å². The molecule has 3 aromatic rings. The summed E-state index contributed by atoms with van der Waals surface area (Å²) < 4.78 is 14.9. The van der Waals surface area contributed by atoms with Crippen molar-refractivity contribution in [3.8, 4) is 0 Å². The predicted molar refractivity (Wildman–Crippen MR) is 105 cm³/mol. The molecule has 27 heavy (non-hydrogen) atoms. The van der Waals surface area contributed by atoms with E-state index in [-0.39, 0.29) is 11.4 Å². The number of rotatable bonds is 4. The van der Waals surface area contributed by atoms with Gasteiger partial charge in [0.25, 0.3) is 5.56 Å². The number of halogens is 1. The smallest absolute Gasteiger partial charge is 0.256 e. The zero-order valence-corrected chi connectivity index (χ0v) is 15.6. The first-order chi connectivity index (χ1) is 13.0. The van der Waals surface area contributed by atoms with E-state index in [2.05, 4.69) is 20.9 Å². The number of nitrogens with zero attached hydrogens (tertiary/aromatic N) is 3. The van der Waals surface area contributed by atoms with Crippen LogP contribution in [0.4, 0.5) is 4.39 Å². The summed E-state index contributed by atoms with van der Waals surface area (Å²) in [5, 5.41) is 1.06. The van der Waals surface area contributed by atoms with Crippen LogP contribution in [0, 0.1) is 12.7 Å². The van der Waals surface area contributed by atoms with Crippen LogP contribution in [0.5, 0.6) is 0 Å². The summed E-state index contributed by atoms with van der Waals surface area (Å²) in [5.41, 5.74) is 4.93. The number of hydrogen-bond acceptors (Lipinski definition) is 3. The molecule has 1 aliphatic heterocycles. The summed E-state index contributed by atoms with van der Waals surface area (Å²) in [4.78, 5) is 22.1. The second-order valence-electron chi connectivity index (χ2n) is 7.15. The highest BCUT2D eigenvalue weighted by Gasteiger charge is 2.17. The fourth-order valence-corrected chi connectivity index (χ4v) is 3.75. The Morgan fingerprint density at radius 3 is 2.96 bits per heavy atom. The lowest BCUT2D eigenvalue weighted by atomic mass is 9.98. The third-order valence-electron chi connectivity index (χ3n) is 5.40. The lowest BCUT2D eigenvalue weighted by molar-refractivity contribution is 0.305. The maximum Gasteiger partial charge on any atom is 0.256 e. The van der Waals surface area contributed by atoms with Crippen LogP contribution in [0.2, 0.25) is 0 Å². The molecule has 0 radical (unpaired) electrons. The van der Waals surface area contributed by atoms with Crippen LogP contribution in [0.15, 0.2) is 41.6 Å². The van der Waals surface area contributed by atoms with Crippen molar-refractivity contribution in [2.75, 3.05) is 19.6 Å². The van der Waals surface area contributed by atoms with Gasteiger partial charge in [0.15, 0.2) is 0 Å². The van der Waals surface area contributed by atoms with Crippen molar-refractivity contribution < 1.29 is 4.39 Å². The Labute approximate surface area is 157 Å². The minimum absolute atomic E-state index is 0.0433. The monoisotopic (exact) mass is 366 g/mol. The quantitative estimate of drug-likeness (QED) is 0.772. The molecule has 2 aromatic heterocycles. The van der Waals surface area contributed by atoms with Gasteiger partial charge in [0, 0.05) is 60.6 Å². The summed E-state index contributed by atoms with van der Waals surface area (Å²) in [5.74, 6) is -0.225. The molecule has 1 aromatic carbocycles. The number of nitrogens with one attached hydrogen (secondary N) is 1. The Hall–Kier alpha value is -2.73. The van der Waals surface area contributed by atoms with Gasteiger partial charge in [-0.25, -0.2) is 9.37 Å². The molecule has 0 aliphatic carbocycles. The first kappa shape index (κ1) is 17.7. The second kappa shape index (κ2) is 7.12. The standard InChI is InChI=1S/C21H23FN4O/c1-14-17(21(27)25(2)13-24-14)7-10-26-8-5-15(6-9-26)19-12-23-20-11-16(22)3-4-18(19)20/h3-5,11-13,23H,6-10H2,1-2H3. The Bertz CT molecular complexity index is 1080. The van der Waals surface area contributed by atoms with Crippen LogP contribution in [-0.4, -0.2) is 39.1 Å². The van der Waals surface area contributed by atoms with Gasteiger partial charge in [-0.2, -0.15) is 0 Å². The van der Waals surface area contributed by atoms with Crippen LogP contribution in [0.1, 0.15) is 23.2 Å². The van der Waals surface area contributed by atoms with Crippen molar-refractivity contribution in [3.63, 3.8) is 0 Å². The number of benzene rings is 1. The van der Waals surface area contributed by atoms with Gasteiger partial charge in [-0.1, -0.05) is 6.08 Å². The first-order valence-corrected chi connectivity index (χ1v) is 9.22. The molecule has 1 aliphatic rings. The van der Waals surface area contributed by atoms with Crippen molar-refractivity contribution in [2.24, 2.45) is 7.05 Å². The Balaban J connectivity index is 1.46. The highest BCUT2D eigenvalue weighted by Crippen LogP contribution is 2.29. The van der Waals surface area contributed by atoms with Crippen molar-refractivity contribution in [1.82, 2.24) is 19.4 Å². The van der Waals surface area contributed by atoms with E-state index in [0.29, 0.717) is 6.42 Å². The SMILES string of the molecule is Cc1ncn(C)c(=O)c1CCN1CC=C(c2c[nH]c3cc(F)ccc23)CC1. The maximum absolute atomic E-state index is 13.4. The molecule has 6 heteroatoms. The second-order valence-corrected chi connectivity index (χ2v) is 7.15. The van der Waals surface area contributed by atoms with Crippen LogP contribution < -0.4 is 5.56 Å². The van der Waals surface area contributed by atoms with E-state index in [4.69, 9.17) is 0 Å². The normalized spacial score (nSPS) is 15.3. The number of hydrogen-bond donors (Lipinski definition) is 1. The molecular formula is C21H23FN4O. The van der Waals surface area contributed by atoms with Crippen molar-refractivity contribution in [3.05, 3.63) is 69.8 Å². The van der Waals surface area contributed by atoms with E-state index in [0.717, 1.165) is 53.8 Å². The van der Waals surface area contributed by atoms with Gasteiger partial charge in [-0.15, -0.1) is 0 Å². The Morgan fingerprint density at radius 2 is 2.19 bits per heavy atom. The minimum atomic E-state index is -0.225. The fourth-order valence-electron chi connectivity index (χ4n) is 3.75. The topological polar surface area (TPSA) is 53.9 Å². The molecule has 0 amide bonds. The third kappa shape index (κ3) is 3.45. The molecule has 0 saturated heterocycles. The summed E-state index contributed by atoms with van der Waals surface area (Å²) >= 11 is 0. The van der Waals surface area contributed by atoms with E-state index in [1.54, 1.807) is 13.4 Å². The number of aromatic nitrogens is 3. The summed E-state index contributed by atoms with van der Waals surface area (Å²) in [6, 6.07) is 4.88. The molecule has 1 N–H and O–H groups in total. The number of fused-ring (bicyclic) bond motifs is 1. The molecule has 0 unspecified atom stereocenters. The lowest BCUT2D eigenvalue weighted by Gasteiger charge is -2.26. The maximum atomic E-state index is 13.4. The zero-order valence-electron chi connectivity index (χ0n) is 15.6. The van der Waals surface area contributed by atoms with Crippen molar-refractivity contribution >= 4 is 16.5 Å². The summed E-state index contributed by atoms with van der Waals surface area (Å²) in [7, 11) is 1.74. The average molecular weight is 366 g/mol. The largest absolute Gasteiger partial charge is 0.360 e. The summed E-state index contributed by atoms with van der Waals surface area (Å²) in [6.45, 7) is 4.53. The molecule has 0 saturated carbocycles. The average Bonchev–Trinajstić information content (AvgIpc) is 3.08. The van der Waals surface area contributed by atoms with Crippen LogP contribution in [0.25, 0.3) is 16.5 Å². The van der Waals surface area contributed by atoms with Crippen LogP contribution >= 0.6 is 0 Å².